The molecule has 1 aromatic rings. The number of piperidine rings is 1. The van der Waals surface area contributed by atoms with Crippen molar-refractivity contribution in [3.8, 4) is 0 Å². The van der Waals surface area contributed by atoms with Gasteiger partial charge in [-0.25, -0.2) is 0 Å². The summed E-state index contributed by atoms with van der Waals surface area (Å²) in [5, 5.41) is 26.2. The summed E-state index contributed by atoms with van der Waals surface area (Å²) in [5.74, 6) is -1.80. The average molecular weight is 409 g/mol. The number of likely N-dealkylation sites (tertiary alicyclic amines) is 1. The van der Waals surface area contributed by atoms with Crippen LogP contribution in [0.1, 0.15) is 37.0 Å². The number of nitrogens with zero attached hydrogens (tertiary/aromatic N) is 3. The number of aromatic nitrogens is 2. The van der Waals surface area contributed by atoms with Crippen molar-refractivity contribution in [3.05, 3.63) is 16.9 Å². The highest BCUT2D eigenvalue weighted by Gasteiger charge is 2.30. The smallest absolute Gasteiger partial charge is 0.315 e. The third-order valence-corrected chi connectivity index (χ3v) is 4.67. The van der Waals surface area contributed by atoms with Crippen LogP contribution in [0.4, 0.5) is 8.78 Å². The van der Waals surface area contributed by atoms with E-state index in [1.54, 1.807) is 0 Å². The van der Waals surface area contributed by atoms with E-state index in [1.165, 1.54) is 24.7 Å². The Morgan fingerprint density at radius 1 is 1.48 bits per heavy atom. The molecule has 1 unspecified atom stereocenters. The zero-order chi connectivity index (χ0) is 20.4. The first-order chi connectivity index (χ1) is 12.5. The van der Waals surface area contributed by atoms with Gasteiger partial charge in [0.1, 0.15) is 6.10 Å². The second-order valence-corrected chi connectivity index (χ2v) is 7.48. The van der Waals surface area contributed by atoms with Crippen LogP contribution in [0, 0.1) is 0 Å². The molecule has 0 spiro atoms. The van der Waals surface area contributed by atoms with Gasteiger partial charge >= 0.3 is 6.43 Å². The Bertz CT molecular complexity index is 692. The zero-order valence-electron chi connectivity index (χ0n) is 15.0. The lowest BCUT2D eigenvalue weighted by molar-refractivity contribution is -0.144. The normalized spacial score (nSPS) is 19.3. The molecule has 0 bridgehead atoms. The molecule has 3 N–H and O–H groups in total. The minimum absolute atomic E-state index is 0.00190. The Morgan fingerprint density at radius 3 is 2.74 bits per heavy atom. The first-order valence-electron chi connectivity index (χ1n) is 8.50. The molecule has 2 heterocycles. The SMILES string of the molecule is CC(C)(O)C(O)Cn1cc(C(=O)N[C@H]2CCCN(C(=O)C(F)F)C2)c(Cl)n1. The van der Waals surface area contributed by atoms with E-state index in [-0.39, 0.29) is 30.4 Å². The maximum absolute atomic E-state index is 12.6. The summed E-state index contributed by atoms with van der Waals surface area (Å²) in [6.07, 6.45) is -1.83. The van der Waals surface area contributed by atoms with E-state index < -0.39 is 36.0 Å². The van der Waals surface area contributed by atoms with Crippen LogP contribution in [0.5, 0.6) is 0 Å². The number of halogens is 3. The first kappa shape index (κ1) is 21.5. The molecule has 0 saturated carbocycles. The predicted octanol–water partition coefficient (Wildman–Crippen LogP) is 0.654. The van der Waals surface area contributed by atoms with E-state index in [9.17, 15) is 28.6 Å². The number of amides is 2. The zero-order valence-corrected chi connectivity index (χ0v) is 15.8. The molecule has 152 valence electrons. The molecule has 0 aliphatic carbocycles. The molecule has 1 aliphatic heterocycles. The molecule has 11 heteroatoms. The van der Waals surface area contributed by atoms with Crippen molar-refractivity contribution in [1.29, 1.82) is 0 Å². The minimum atomic E-state index is -3.07. The van der Waals surface area contributed by atoms with Crippen molar-refractivity contribution < 1.29 is 28.6 Å². The molecule has 27 heavy (non-hydrogen) atoms. The molecule has 0 radical (unpaired) electrons. The summed E-state index contributed by atoms with van der Waals surface area (Å²) in [7, 11) is 0. The van der Waals surface area contributed by atoms with E-state index >= 15 is 0 Å². The molecule has 8 nitrogen and oxygen atoms in total. The second kappa shape index (κ2) is 8.49. The van der Waals surface area contributed by atoms with E-state index in [2.05, 4.69) is 10.4 Å². The van der Waals surface area contributed by atoms with Crippen LogP contribution in [0.15, 0.2) is 6.20 Å². The number of hydrogen-bond donors (Lipinski definition) is 3. The number of nitrogens with one attached hydrogen (secondary N) is 1. The summed E-state index contributed by atoms with van der Waals surface area (Å²) in [6.45, 7) is 3.02. The van der Waals surface area contributed by atoms with Crippen LogP contribution in [0.2, 0.25) is 5.15 Å². The highest BCUT2D eigenvalue weighted by Crippen LogP contribution is 2.18. The van der Waals surface area contributed by atoms with Crippen molar-refractivity contribution in [3.63, 3.8) is 0 Å². The minimum Gasteiger partial charge on any atom is -0.388 e. The van der Waals surface area contributed by atoms with Gasteiger partial charge in [-0.1, -0.05) is 11.6 Å². The fourth-order valence-electron chi connectivity index (χ4n) is 2.74. The number of aliphatic hydroxyl groups excluding tert-OH is 1. The van der Waals surface area contributed by atoms with Gasteiger partial charge < -0.3 is 20.4 Å². The second-order valence-electron chi connectivity index (χ2n) is 7.12. The van der Waals surface area contributed by atoms with Crippen molar-refractivity contribution in [1.82, 2.24) is 20.0 Å². The Labute approximate surface area is 160 Å². The van der Waals surface area contributed by atoms with E-state index in [0.717, 1.165) is 4.90 Å². The van der Waals surface area contributed by atoms with Crippen molar-refractivity contribution in [2.45, 2.75) is 57.4 Å². The van der Waals surface area contributed by atoms with Crippen LogP contribution in [0.25, 0.3) is 0 Å². The Balaban J connectivity index is 2.00. The Morgan fingerprint density at radius 2 is 2.15 bits per heavy atom. The number of aliphatic hydroxyl groups is 2. The van der Waals surface area contributed by atoms with Gasteiger partial charge in [0.15, 0.2) is 5.15 Å². The largest absolute Gasteiger partial charge is 0.388 e. The molecule has 1 aromatic heterocycles. The van der Waals surface area contributed by atoms with E-state index in [1.807, 2.05) is 0 Å². The molecule has 1 saturated heterocycles. The maximum atomic E-state index is 12.6. The van der Waals surface area contributed by atoms with Gasteiger partial charge in [-0.3, -0.25) is 14.3 Å². The van der Waals surface area contributed by atoms with E-state index in [0.29, 0.717) is 12.8 Å². The third kappa shape index (κ3) is 5.60. The lowest BCUT2D eigenvalue weighted by Crippen LogP contribution is -2.51. The summed E-state index contributed by atoms with van der Waals surface area (Å²) in [6, 6.07) is -0.477. The molecular weight excluding hydrogens is 386 g/mol. The van der Waals surface area contributed by atoms with Gasteiger partial charge in [0.05, 0.1) is 17.7 Å². The van der Waals surface area contributed by atoms with Gasteiger partial charge in [-0.15, -0.1) is 0 Å². The Hall–Kier alpha value is -1.78. The lowest BCUT2D eigenvalue weighted by atomic mass is 10.0. The van der Waals surface area contributed by atoms with Gasteiger partial charge in [0, 0.05) is 25.3 Å². The summed E-state index contributed by atoms with van der Waals surface area (Å²) in [4.78, 5) is 24.9. The average Bonchev–Trinajstić information content (AvgIpc) is 2.93. The number of hydrogen-bond acceptors (Lipinski definition) is 5. The molecule has 2 amide bonds. The van der Waals surface area contributed by atoms with Crippen LogP contribution in [0.3, 0.4) is 0 Å². The molecule has 1 aliphatic rings. The monoisotopic (exact) mass is 408 g/mol. The van der Waals surface area contributed by atoms with Crippen LogP contribution in [-0.4, -0.2) is 74.0 Å². The molecule has 0 aromatic carbocycles. The Kier molecular flexibility index (Phi) is 6.77. The highest BCUT2D eigenvalue weighted by molar-refractivity contribution is 6.32. The fraction of sp³-hybridized carbons (Fsp3) is 0.688. The number of alkyl halides is 2. The standard InChI is InChI=1S/C16H23ClF2N4O4/c1-16(2,27)11(24)8-23-7-10(12(17)21-23)14(25)20-9-4-3-5-22(6-9)15(26)13(18)19/h7,9,11,13,24,27H,3-6,8H2,1-2H3,(H,20,25)/t9-,11?/m0/s1. The van der Waals surface area contributed by atoms with Crippen LogP contribution < -0.4 is 5.32 Å². The lowest BCUT2D eigenvalue weighted by Gasteiger charge is -2.32. The summed E-state index contributed by atoms with van der Waals surface area (Å²) in [5.41, 5.74) is -1.30. The van der Waals surface area contributed by atoms with Gasteiger partial charge in [0.25, 0.3) is 11.8 Å². The number of carbonyl (C=O) groups excluding carboxylic acids is 2. The molecule has 1 fully saturated rings. The molecule has 2 atom stereocenters. The van der Waals surface area contributed by atoms with Gasteiger partial charge in [-0.2, -0.15) is 13.9 Å². The van der Waals surface area contributed by atoms with Crippen molar-refractivity contribution >= 4 is 23.4 Å². The number of rotatable bonds is 6. The van der Waals surface area contributed by atoms with Gasteiger partial charge in [-0.05, 0) is 26.7 Å². The fourth-order valence-corrected chi connectivity index (χ4v) is 2.97. The number of carbonyl (C=O) groups is 2. The van der Waals surface area contributed by atoms with Crippen LogP contribution in [-0.2, 0) is 11.3 Å². The summed E-state index contributed by atoms with van der Waals surface area (Å²) >= 11 is 5.98. The third-order valence-electron chi connectivity index (χ3n) is 4.39. The quantitative estimate of drug-likeness (QED) is 0.640. The van der Waals surface area contributed by atoms with E-state index in [4.69, 9.17) is 11.6 Å². The molecular formula is C16H23ClF2N4O4. The highest BCUT2D eigenvalue weighted by atomic mass is 35.5. The van der Waals surface area contributed by atoms with Crippen molar-refractivity contribution in [2.24, 2.45) is 0 Å². The first-order valence-corrected chi connectivity index (χ1v) is 8.88. The predicted molar refractivity (Wildman–Crippen MR) is 92.6 cm³/mol. The van der Waals surface area contributed by atoms with Crippen molar-refractivity contribution in [2.75, 3.05) is 13.1 Å². The van der Waals surface area contributed by atoms with Crippen LogP contribution >= 0.6 is 11.6 Å². The molecule has 2 rings (SSSR count). The topological polar surface area (TPSA) is 108 Å². The maximum Gasteiger partial charge on any atom is 0.315 e. The summed E-state index contributed by atoms with van der Waals surface area (Å²) < 4.78 is 26.4. The van der Waals surface area contributed by atoms with Gasteiger partial charge in [0.2, 0.25) is 0 Å².